The summed E-state index contributed by atoms with van der Waals surface area (Å²) in [7, 11) is 0. The first-order valence-electron chi connectivity index (χ1n) is 6.88. The molecule has 2 unspecified atom stereocenters. The normalized spacial score (nSPS) is 14.4. The Morgan fingerprint density at radius 3 is 2.68 bits per heavy atom. The number of benzene rings is 1. The first-order chi connectivity index (χ1) is 9.08. The lowest BCUT2D eigenvalue weighted by molar-refractivity contribution is 0.532. The summed E-state index contributed by atoms with van der Waals surface area (Å²) < 4.78 is 14.0. The predicted molar refractivity (Wildman–Crippen MR) is 84.7 cm³/mol. The zero-order valence-electron chi connectivity index (χ0n) is 11.9. The van der Waals surface area contributed by atoms with Crippen molar-refractivity contribution in [2.24, 2.45) is 0 Å². The number of hydrogen-bond acceptors (Lipinski definition) is 2. The molecule has 0 aliphatic carbocycles. The molecular weight excluding hydrogens is 281 g/mol. The molecule has 0 fully saturated rings. The minimum Gasteiger partial charge on any atom is -0.309 e. The number of nitrogens with one attached hydrogen (secondary N) is 1. The Bertz CT molecular complexity index is 386. The number of hydrogen-bond donors (Lipinski definition) is 1. The van der Waals surface area contributed by atoms with Crippen molar-refractivity contribution in [2.75, 3.05) is 12.3 Å². The minimum atomic E-state index is -0.217. The van der Waals surface area contributed by atoms with Gasteiger partial charge in [0.25, 0.3) is 0 Å². The topological polar surface area (TPSA) is 12.0 Å². The van der Waals surface area contributed by atoms with Gasteiger partial charge in [-0.2, -0.15) is 11.8 Å². The molecule has 0 saturated heterocycles. The van der Waals surface area contributed by atoms with E-state index in [1.165, 1.54) is 6.07 Å². The van der Waals surface area contributed by atoms with Crippen LogP contribution in [0.3, 0.4) is 0 Å². The van der Waals surface area contributed by atoms with Crippen molar-refractivity contribution in [2.45, 2.75) is 44.9 Å². The van der Waals surface area contributed by atoms with Crippen LogP contribution in [0.15, 0.2) is 18.2 Å². The third-order valence-corrected chi connectivity index (χ3v) is 4.76. The molecule has 1 aromatic carbocycles. The van der Waals surface area contributed by atoms with Crippen LogP contribution in [0.1, 0.15) is 45.2 Å². The van der Waals surface area contributed by atoms with Crippen LogP contribution in [0.2, 0.25) is 5.02 Å². The Balaban J connectivity index is 2.76. The molecule has 0 heterocycles. The fourth-order valence-corrected chi connectivity index (χ4v) is 2.95. The monoisotopic (exact) mass is 303 g/mol. The largest absolute Gasteiger partial charge is 0.309 e. The van der Waals surface area contributed by atoms with Crippen molar-refractivity contribution in [1.82, 2.24) is 5.32 Å². The van der Waals surface area contributed by atoms with Crippen LogP contribution in [0.5, 0.6) is 0 Å². The molecule has 1 rings (SSSR count). The van der Waals surface area contributed by atoms with Gasteiger partial charge in [0, 0.05) is 27.6 Å². The van der Waals surface area contributed by atoms with Crippen molar-refractivity contribution in [3.63, 3.8) is 0 Å². The summed E-state index contributed by atoms with van der Waals surface area (Å²) >= 11 is 7.69. The van der Waals surface area contributed by atoms with Gasteiger partial charge in [-0.1, -0.05) is 38.4 Å². The smallest absolute Gasteiger partial charge is 0.129 e. The number of rotatable bonds is 8. The van der Waals surface area contributed by atoms with Crippen LogP contribution in [0.25, 0.3) is 0 Å². The second kappa shape index (κ2) is 8.83. The molecule has 0 bridgehead atoms. The van der Waals surface area contributed by atoms with Crippen molar-refractivity contribution in [1.29, 1.82) is 0 Å². The van der Waals surface area contributed by atoms with E-state index in [0.29, 0.717) is 15.8 Å². The van der Waals surface area contributed by atoms with Crippen LogP contribution in [0, 0.1) is 5.82 Å². The zero-order valence-corrected chi connectivity index (χ0v) is 13.5. The summed E-state index contributed by atoms with van der Waals surface area (Å²) in [5.41, 5.74) is 0.716. The summed E-state index contributed by atoms with van der Waals surface area (Å²) in [6, 6.07) is 5.00. The van der Waals surface area contributed by atoms with Crippen molar-refractivity contribution in [3.8, 4) is 0 Å². The SMILES string of the molecule is CCCNC(CSC(C)CC)c1ccc(Cl)cc1F. The van der Waals surface area contributed by atoms with Gasteiger partial charge in [0.2, 0.25) is 0 Å². The maximum atomic E-state index is 14.0. The third-order valence-electron chi connectivity index (χ3n) is 3.10. The lowest BCUT2D eigenvalue weighted by atomic mass is 10.1. The van der Waals surface area contributed by atoms with E-state index in [9.17, 15) is 4.39 Å². The molecule has 19 heavy (non-hydrogen) atoms. The van der Waals surface area contributed by atoms with Crippen LogP contribution < -0.4 is 5.32 Å². The Morgan fingerprint density at radius 1 is 1.37 bits per heavy atom. The predicted octanol–water partition coefficient (Wildman–Crippen LogP) is 5.05. The maximum Gasteiger partial charge on any atom is 0.129 e. The van der Waals surface area contributed by atoms with Crippen LogP contribution >= 0.6 is 23.4 Å². The van der Waals surface area contributed by atoms with E-state index in [-0.39, 0.29) is 11.9 Å². The molecule has 0 aliphatic rings. The van der Waals surface area contributed by atoms with Crippen molar-refractivity contribution < 1.29 is 4.39 Å². The first-order valence-corrected chi connectivity index (χ1v) is 8.31. The molecule has 0 amide bonds. The molecule has 4 heteroatoms. The van der Waals surface area contributed by atoms with E-state index < -0.39 is 0 Å². The van der Waals surface area contributed by atoms with Gasteiger partial charge in [0.15, 0.2) is 0 Å². The highest BCUT2D eigenvalue weighted by atomic mass is 35.5. The molecule has 0 spiro atoms. The molecule has 0 radical (unpaired) electrons. The fourth-order valence-electron chi connectivity index (χ4n) is 1.74. The van der Waals surface area contributed by atoms with E-state index >= 15 is 0 Å². The molecule has 0 aliphatic heterocycles. The van der Waals surface area contributed by atoms with Crippen LogP contribution in [-0.2, 0) is 0 Å². The standard InChI is InChI=1S/C15H23ClFNS/c1-4-8-18-15(10-19-11(3)5-2)13-7-6-12(16)9-14(13)17/h6-7,9,11,15,18H,4-5,8,10H2,1-3H3. The Kier molecular flexibility index (Phi) is 7.81. The van der Waals surface area contributed by atoms with Crippen molar-refractivity contribution >= 4 is 23.4 Å². The highest BCUT2D eigenvalue weighted by molar-refractivity contribution is 7.99. The first kappa shape index (κ1) is 16.8. The van der Waals surface area contributed by atoms with Crippen LogP contribution in [-0.4, -0.2) is 17.5 Å². The Labute approximate surface area is 125 Å². The fraction of sp³-hybridized carbons (Fsp3) is 0.600. The third kappa shape index (κ3) is 5.72. The minimum absolute atomic E-state index is 0.0521. The second-order valence-corrected chi connectivity index (χ2v) is 6.63. The van der Waals surface area contributed by atoms with E-state index in [1.54, 1.807) is 12.1 Å². The summed E-state index contributed by atoms with van der Waals surface area (Å²) in [4.78, 5) is 0. The molecule has 0 saturated carbocycles. The molecule has 0 aromatic heterocycles. The van der Waals surface area contributed by atoms with Gasteiger partial charge in [-0.25, -0.2) is 4.39 Å². The van der Waals surface area contributed by atoms with Gasteiger partial charge in [-0.15, -0.1) is 0 Å². The number of halogens is 2. The Hall–Kier alpha value is -0.250. The van der Waals surface area contributed by atoms with E-state index in [0.717, 1.165) is 25.1 Å². The molecule has 1 N–H and O–H groups in total. The average Bonchev–Trinajstić information content (AvgIpc) is 2.39. The quantitative estimate of drug-likeness (QED) is 0.721. The molecular formula is C15H23ClFNS. The van der Waals surface area contributed by atoms with E-state index in [2.05, 4.69) is 26.1 Å². The summed E-state index contributed by atoms with van der Waals surface area (Å²) in [5.74, 6) is 0.666. The molecule has 1 aromatic rings. The van der Waals surface area contributed by atoms with Gasteiger partial charge in [0.1, 0.15) is 5.82 Å². The van der Waals surface area contributed by atoms with Crippen molar-refractivity contribution in [3.05, 3.63) is 34.6 Å². The molecule has 108 valence electrons. The highest BCUT2D eigenvalue weighted by Crippen LogP contribution is 2.26. The van der Waals surface area contributed by atoms with Crippen LogP contribution in [0.4, 0.5) is 4.39 Å². The molecule has 1 nitrogen and oxygen atoms in total. The summed E-state index contributed by atoms with van der Waals surface area (Å²) in [6.07, 6.45) is 2.17. The second-order valence-electron chi connectivity index (χ2n) is 4.72. The van der Waals surface area contributed by atoms with Gasteiger partial charge in [-0.05, 0) is 31.5 Å². The van der Waals surface area contributed by atoms with E-state index in [1.807, 2.05) is 11.8 Å². The molecule has 2 atom stereocenters. The van der Waals surface area contributed by atoms with Gasteiger partial charge >= 0.3 is 0 Å². The zero-order chi connectivity index (χ0) is 14.3. The summed E-state index contributed by atoms with van der Waals surface area (Å²) in [6.45, 7) is 7.40. The average molecular weight is 304 g/mol. The van der Waals surface area contributed by atoms with Gasteiger partial charge in [-0.3, -0.25) is 0 Å². The van der Waals surface area contributed by atoms with Gasteiger partial charge in [0.05, 0.1) is 0 Å². The number of thioether (sulfide) groups is 1. The highest BCUT2D eigenvalue weighted by Gasteiger charge is 2.16. The Morgan fingerprint density at radius 2 is 2.11 bits per heavy atom. The lowest BCUT2D eigenvalue weighted by Gasteiger charge is -2.21. The van der Waals surface area contributed by atoms with E-state index in [4.69, 9.17) is 11.6 Å². The maximum absolute atomic E-state index is 14.0. The van der Waals surface area contributed by atoms with Gasteiger partial charge < -0.3 is 5.32 Å². The summed E-state index contributed by atoms with van der Waals surface area (Å²) in [5, 5.41) is 4.47. The lowest BCUT2D eigenvalue weighted by Crippen LogP contribution is -2.25.